The van der Waals surface area contributed by atoms with E-state index in [1.807, 2.05) is 0 Å². The highest BCUT2D eigenvalue weighted by molar-refractivity contribution is 5.21. The lowest BCUT2D eigenvalue weighted by Gasteiger charge is -2.27. The van der Waals surface area contributed by atoms with E-state index < -0.39 is 0 Å². The van der Waals surface area contributed by atoms with Gasteiger partial charge in [-0.25, -0.2) is 0 Å². The van der Waals surface area contributed by atoms with Gasteiger partial charge in [0.15, 0.2) is 0 Å². The zero-order valence-corrected chi connectivity index (χ0v) is 7.59. The molecule has 1 heteroatoms. The Bertz CT molecular complexity index is 165. The van der Waals surface area contributed by atoms with E-state index in [-0.39, 0.29) is 5.54 Å². The smallest absolute Gasteiger partial charge is 0.0445 e. The number of hydrogen-bond acceptors (Lipinski definition) is 1. The Labute approximate surface area is 69.2 Å². The summed E-state index contributed by atoms with van der Waals surface area (Å²) < 4.78 is 0. The zero-order valence-electron chi connectivity index (χ0n) is 7.59. The van der Waals surface area contributed by atoms with Crippen molar-refractivity contribution in [2.75, 3.05) is 0 Å². The minimum Gasteiger partial charge on any atom is -0.302 e. The Kier molecular flexibility index (Phi) is 2.50. The molecular weight excluding hydrogens is 134 g/mol. The molecule has 1 N–H and O–H groups in total. The summed E-state index contributed by atoms with van der Waals surface area (Å²) >= 11 is 0. The van der Waals surface area contributed by atoms with Crippen LogP contribution in [-0.2, 0) is 0 Å². The molecular formula is C10H17N. The van der Waals surface area contributed by atoms with Gasteiger partial charge in [0.2, 0.25) is 0 Å². The lowest BCUT2D eigenvalue weighted by molar-refractivity contribution is 0.371. The van der Waals surface area contributed by atoms with Crippen molar-refractivity contribution in [2.45, 2.75) is 38.8 Å². The van der Waals surface area contributed by atoms with Crippen molar-refractivity contribution in [2.24, 2.45) is 0 Å². The van der Waals surface area contributed by atoms with Gasteiger partial charge in [0.25, 0.3) is 0 Å². The second-order valence-electron chi connectivity index (χ2n) is 3.68. The summed E-state index contributed by atoms with van der Waals surface area (Å²) in [6.45, 7) is 6.66. The van der Waals surface area contributed by atoms with Crippen molar-refractivity contribution >= 4 is 0 Å². The molecule has 0 atom stereocenters. The Morgan fingerprint density at radius 2 is 1.82 bits per heavy atom. The molecule has 0 bridgehead atoms. The van der Waals surface area contributed by atoms with Crippen LogP contribution >= 0.6 is 0 Å². The molecule has 0 aromatic carbocycles. The van der Waals surface area contributed by atoms with Crippen LogP contribution in [0.2, 0.25) is 0 Å². The standard InChI is InChI=1S/C10H17N/c1-4-10(2,3)11-9-7-5-6-8-9/h5-9,11H,4H2,1-3H3. The molecule has 1 nitrogen and oxygen atoms in total. The third-order valence-corrected chi connectivity index (χ3v) is 2.19. The van der Waals surface area contributed by atoms with Gasteiger partial charge in [-0.05, 0) is 20.3 Å². The summed E-state index contributed by atoms with van der Waals surface area (Å²) in [6.07, 6.45) is 9.69. The summed E-state index contributed by atoms with van der Waals surface area (Å²) in [7, 11) is 0. The highest BCUT2D eigenvalue weighted by Gasteiger charge is 2.17. The lowest BCUT2D eigenvalue weighted by atomic mass is 10.0. The lowest BCUT2D eigenvalue weighted by Crippen LogP contribution is -2.43. The third-order valence-electron chi connectivity index (χ3n) is 2.19. The van der Waals surface area contributed by atoms with Crippen molar-refractivity contribution in [3.05, 3.63) is 24.3 Å². The van der Waals surface area contributed by atoms with Crippen LogP contribution < -0.4 is 5.32 Å². The molecule has 0 saturated carbocycles. The molecule has 0 unspecified atom stereocenters. The van der Waals surface area contributed by atoms with Crippen LogP contribution in [0.1, 0.15) is 27.2 Å². The van der Waals surface area contributed by atoms with Gasteiger partial charge in [-0.3, -0.25) is 0 Å². The van der Waals surface area contributed by atoms with Gasteiger partial charge >= 0.3 is 0 Å². The quantitative estimate of drug-likeness (QED) is 0.652. The number of nitrogens with one attached hydrogen (secondary N) is 1. The highest BCUT2D eigenvalue weighted by atomic mass is 15.0. The van der Waals surface area contributed by atoms with Crippen LogP contribution in [0.25, 0.3) is 0 Å². The molecule has 0 heterocycles. The summed E-state index contributed by atoms with van der Waals surface area (Å²) in [5.74, 6) is 0. The first-order chi connectivity index (χ1) is 5.14. The predicted octanol–water partition coefficient (Wildman–Crippen LogP) is 2.26. The normalized spacial score (nSPS) is 18.1. The minimum absolute atomic E-state index is 0.254. The molecule has 0 spiro atoms. The van der Waals surface area contributed by atoms with Gasteiger partial charge in [0.05, 0.1) is 0 Å². The Morgan fingerprint density at radius 3 is 2.27 bits per heavy atom. The number of hydrogen-bond donors (Lipinski definition) is 1. The van der Waals surface area contributed by atoms with Gasteiger partial charge in [-0.1, -0.05) is 31.2 Å². The maximum Gasteiger partial charge on any atom is 0.0445 e. The fraction of sp³-hybridized carbons (Fsp3) is 0.600. The Hall–Kier alpha value is -0.560. The molecule has 0 amide bonds. The molecule has 1 aliphatic rings. The van der Waals surface area contributed by atoms with E-state index >= 15 is 0 Å². The van der Waals surface area contributed by atoms with E-state index in [2.05, 4.69) is 50.4 Å². The first kappa shape index (κ1) is 8.54. The SMILES string of the molecule is CCC(C)(C)NC1C=CC=C1. The average Bonchev–Trinajstić information content (AvgIpc) is 2.39. The van der Waals surface area contributed by atoms with Crippen LogP contribution in [0, 0.1) is 0 Å². The first-order valence-electron chi connectivity index (χ1n) is 4.27. The van der Waals surface area contributed by atoms with E-state index in [1.54, 1.807) is 0 Å². The van der Waals surface area contributed by atoms with Crippen LogP contribution in [0.15, 0.2) is 24.3 Å². The van der Waals surface area contributed by atoms with Gasteiger partial charge in [-0.2, -0.15) is 0 Å². The maximum atomic E-state index is 3.53. The number of allylic oxidation sites excluding steroid dienone is 2. The largest absolute Gasteiger partial charge is 0.302 e. The molecule has 11 heavy (non-hydrogen) atoms. The molecule has 0 aromatic heterocycles. The number of rotatable bonds is 3. The zero-order chi connectivity index (χ0) is 8.32. The second kappa shape index (κ2) is 3.22. The second-order valence-corrected chi connectivity index (χ2v) is 3.68. The van der Waals surface area contributed by atoms with E-state index in [0.717, 1.165) is 6.42 Å². The van der Waals surface area contributed by atoms with Gasteiger partial charge in [0, 0.05) is 11.6 Å². The van der Waals surface area contributed by atoms with Crippen LogP contribution in [0.3, 0.4) is 0 Å². The van der Waals surface area contributed by atoms with E-state index in [9.17, 15) is 0 Å². The summed E-state index contributed by atoms with van der Waals surface area (Å²) in [5, 5.41) is 3.53. The first-order valence-corrected chi connectivity index (χ1v) is 4.27. The molecule has 0 aromatic rings. The van der Waals surface area contributed by atoms with Crippen molar-refractivity contribution < 1.29 is 0 Å². The van der Waals surface area contributed by atoms with Crippen LogP contribution in [-0.4, -0.2) is 11.6 Å². The van der Waals surface area contributed by atoms with E-state index in [0.29, 0.717) is 6.04 Å². The molecule has 0 fully saturated rings. The van der Waals surface area contributed by atoms with Gasteiger partial charge < -0.3 is 5.32 Å². The van der Waals surface area contributed by atoms with Gasteiger partial charge in [-0.15, -0.1) is 0 Å². The summed E-state index contributed by atoms with van der Waals surface area (Å²) in [5.41, 5.74) is 0.254. The predicted molar refractivity (Wildman–Crippen MR) is 49.6 cm³/mol. The fourth-order valence-electron chi connectivity index (χ4n) is 1.08. The Balaban J connectivity index is 2.41. The molecule has 1 aliphatic carbocycles. The minimum atomic E-state index is 0.254. The molecule has 62 valence electrons. The topological polar surface area (TPSA) is 12.0 Å². The van der Waals surface area contributed by atoms with Crippen molar-refractivity contribution in [1.82, 2.24) is 5.32 Å². The van der Waals surface area contributed by atoms with Crippen molar-refractivity contribution in [3.63, 3.8) is 0 Å². The maximum absolute atomic E-state index is 3.53. The summed E-state index contributed by atoms with van der Waals surface area (Å²) in [4.78, 5) is 0. The monoisotopic (exact) mass is 151 g/mol. The Morgan fingerprint density at radius 1 is 1.27 bits per heavy atom. The van der Waals surface area contributed by atoms with Gasteiger partial charge in [0.1, 0.15) is 0 Å². The highest BCUT2D eigenvalue weighted by Crippen LogP contribution is 2.11. The molecule has 1 rings (SSSR count). The summed E-state index contributed by atoms with van der Waals surface area (Å²) in [6, 6.07) is 0.449. The molecule has 0 radical (unpaired) electrons. The van der Waals surface area contributed by atoms with Crippen LogP contribution in [0.4, 0.5) is 0 Å². The molecule has 0 saturated heterocycles. The van der Waals surface area contributed by atoms with Crippen molar-refractivity contribution in [3.8, 4) is 0 Å². The van der Waals surface area contributed by atoms with Crippen molar-refractivity contribution in [1.29, 1.82) is 0 Å². The third kappa shape index (κ3) is 2.51. The van der Waals surface area contributed by atoms with E-state index in [1.165, 1.54) is 0 Å². The van der Waals surface area contributed by atoms with Crippen LogP contribution in [0.5, 0.6) is 0 Å². The fourth-order valence-corrected chi connectivity index (χ4v) is 1.08. The van der Waals surface area contributed by atoms with E-state index in [4.69, 9.17) is 0 Å². The molecule has 0 aliphatic heterocycles. The average molecular weight is 151 g/mol.